The Morgan fingerprint density at radius 1 is 1.18 bits per heavy atom. The lowest BCUT2D eigenvalue weighted by Gasteiger charge is -2.35. The smallest absolute Gasteiger partial charge is 0.339 e. The topological polar surface area (TPSA) is 49.3 Å². The molecule has 1 aliphatic heterocycles. The van der Waals surface area contributed by atoms with Crippen LogP contribution in [-0.4, -0.2) is 47.2 Å². The summed E-state index contributed by atoms with van der Waals surface area (Å²) in [5.41, 5.74) is 0. The van der Waals surface area contributed by atoms with Gasteiger partial charge in [0.2, 0.25) is 16.0 Å². The van der Waals surface area contributed by atoms with Crippen molar-refractivity contribution in [1.29, 1.82) is 0 Å². The Balaban J connectivity index is 1.59. The van der Waals surface area contributed by atoms with Gasteiger partial charge < -0.3 is 9.80 Å². The first-order valence-electron chi connectivity index (χ1n) is 7.37. The van der Waals surface area contributed by atoms with Crippen LogP contribution in [0.5, 0.6) is 0 Å². The summed E-state index contributed by atoms with van der Waals surface area (Å²) in [6.07, 6.45) is 0.301. The van der Waals surface area contributed by atoms with Crippen molar-refractivity contribution in [2.45, 2.75) is 31.9 Å². The summed E-state index contributed by atoms with van der Waals surface area (Å²) in [7, 11) is 0. The second-order valence-electron chi connectivity index (χ2n) is 5.80. The summed E-state index contributed by atoms with van der Waals surface area (Å²) >= 11 is 0.490. The van der Waals surface area contributed by atoms with Gasteiger partial charge in [-0.25, -0.2) is 0 Å². The summed E-state index contributed by atoms with van der Waals surface area (Å²) < 4.78 is 37.6. The van der Waals surface area contributed by atoms with Gasteiger partial charge in [-0.05, 0) is 18.8 Å². The minimum absolute atomic E-state index is 0.0399. The van der Waals surface area contributed by atoms with Crippen molar-refractivity contribution in [2.75, 3.05) is 31.1 Å². The minimum atomic E-state index is -4.48. The van der Waals surface area contributed by atoms with Crippen molar-refractivity contribution in [3.8, 4) is 0 Å². The molecule has 0 radical (unpaired) electrons. The fraction of sp³-hybridized carbons (Fsp3) is 0.769. The number of hydrogen-bond donors (Lipinski definition) is 0. The Morgan fingerprint density at radius 3 is 2.50 bits per heavy atom. The van der Waals surface area contributed by atoms with Gasteiger partial charge in [-0.2, -0.15) is 13.2 Å². The number of alkyl halides is 3. The number of amides is 1. The molecule has 1 amide bonds. The second kappa shape index (κ2) is 6.02. The number of halogens is 3. The van der Waals surface area contributed by atoms with Gasteiger partial charge in [0.15, 0.2) is 0 Å². The van der Waals surface area contributed by atoms with Gasteiger partial charge in [0.25, 0.3) is 0 Å². The van der Waals surface area contributed by atoms with E-state index in [1.807, 2.05) is 4.90 Å². The highest BCUT2D eigenvalue weighted by Gasteiger charge is 2.37. The van der Waals surface area contributed by atoms with Crippen LogP contribution in [0.15, 0.2) is 0 Å². The molecule has 0 unspecified atom stereocenters. The first kappa shape index (κ1) is 15.5. The van der Waals surface area contributed by atoms with Crippen molar-refractivity contribution in [2.24, 2.45) is 5.92 Å². The molecule has 1 saturated carbocycles. The summed E-state index contributed by atoms with van der Waals surface area (Å²) in [5.74, 6) is 0.538. The van der Waals surface area contributed by atoms with E-state index in [-0.39, 0.29) is 17.6 Å². The molecule has 0 atom stereocenters. The largest absolute Gasteiger partial charge is 0.445 e. The highest BCUT2D eigenvalue weighted by atomic mass is 32.1. The van der Waals surface area contributed by atoms with E-state index in [1.165, 1.54) is 25.7 Å². The van der Waals surface area contributed by atoms with Crippen LogP contribution in [0.4, 0.5) is 18.3 Å². The van der Waals surface area contributed by atoms with Crippen molar-refractivity contribution in [3.63, 3.8) is 0 Å². The van der Waals surface area contributed by atoms with Gasteiger partial charge in [0.05, 0.1) is 6.54 Å². The number of anilines is 1. The number of nitrogens with zero attached hydrogens (tertiary/aromatic N) is 4. The summed E-state index contributed by atoms with van der Waals surface area (Å²) in [5, 5.41) is 5.94. The van der Waals surface area contributed by atoms with E-state index in [0.29, 0.717) is 30.3 Å². The van der Waals surface area contributed by atoms with E-state index >= 15 is 0 Å². The Labute approximate surface area is 130 Å². The van der Waals surface area contributed by atoms with Gasteiger partial charge in [-0.3, -0.25) is 4.79 Å². The summed E-state index contributed by atoms with van der Waals surface area (Å²) in [6, 6.07) is 0. The highest BCUT2D eigenvalue weighted by Crippen LogP contribution is 2.34. The lowest BCUT2D eigenvalue weighted by Crippen LogP contribution is -2.51. The van der Waals surface area contributed by atoms with Crippen molar-refractivity contribution in [1.82, 2.24) is 15.1 Å². The van der Waals surface area contributed by atoms with Crippen molar-refractivity contribution >= 4 is 22.4 Å². The fourth-order valence-electron chi connectivity index (χ4n) is 3.03. The summed E-state index contributed by atoms with van der Waals surface area (Å²) in [6.45, 7) is 1.90. The number of rotatable bonds is 3. The standard InChI is InChI=1S/C13H17F3N4OS/c14-13(15,16)11-17-18-12(22-11)20-6-5-19(10(21)8-20)7-9-3-1-2-4-9/h9H,1-8H2. The predicted octanol–water partition coefficient (Wildman–Crippen LogP) is 2.40. The Hall–Kier alpha value is -1.38. The molecule has 122 valence electrons. The molecule has 0 bridgehead atoms. The van der Waals surface area contributed by atoms with Crippen LogP contribution >= 0.6 is 11.3 Å². The van der Waals surface area contributed by atoms with Crippen LogP contribution in [-0.2, 0) is 11.0 Å². The quantitative estimate of drug-likeness (QED) is 0.852. The monoisotopic (exact) mass is 334 g/mol. The second-order valence-corrected chi connectivity index (χ2v) is 6.76. The molecule has 0 spiro atoms. The highest BCUT2D eigenvalue weighted by molar-refractivity contribution is 7.15. The Bertz CT molecular complexity index is 542. The number of carbonyl (C=O) groups excluding carboxylic acids is 1. The number of aromatic nitrogens is 2. The zero-order chi connectivity index (χ0) is 15.7. The molecule has 22 heavy (non-hydrogen) atoms. The third kappa shape index (κ3) is 3.34. The lowest BCUT2D eigenvalue weighted by molar-refractivity contribution is -0.138. The third-order valence-electron chi connectivity index (χ3n) is 4.20. The van der Waals surface area contributed by atoms with E-state index in [0.717, 1.165) is 6.54 Å². The van der Waals surface area contributed by atoms with E-state index in [4.69, 9.17) is 0 Å². The van der Waals surface area contributed by atoms with Crippen LogP contribution in [0, 0.1) is 5.92 Å². The fourth-order valence-corrected chi connectivity index (χ4v) is 3.76. The minimum Gasteiger partial charge on any atom is -0.339 e. The van der Waals surface area contributed by atoms with Crippen molar-refractivity contribution < 1.29 is 18.0 Å². The van der Waals surface area contributed by atoms with Gasteiger partial charge in [-0.1, -0.05) is 24.2 Å². The molecule has 0 N–H and O–H groups in total. The van der Waals surface area contributed by atoms with Crippen LogP contribution in [0.3, 0.4) is 0 Å². The van der Waals surface area contributed by atoms with E-state index in [9.17, 15) is 18.0 Å². The molecule has 2 aliphatic rings. The van der Waals surface area contributed by atoms with Crippen LogP contribution in [0.2, 0.25) is 0 Å². The zero-order valence-electron chi connectivity index (χ0n) is 12.0. The molecule has 1 aliphatic carbocycles. The van der Waals surface area contributed by atoms with Gasteiger partial charge in [0, 0.05) is 19.6 Å². The van der Waals surface area contributed by atoms with E-state index in [2.05, 4.69) is 10.2 Å². The van der Waals surface area contributed by atoms with Crippen LogP contribution in [0.1, 0.15) is 30.7 Å². The van der Waals surface area contributed by atoms with Crippen molar-refractivity contribution in [3.05, 3.63) is 5.01 Å². The van der Waals surface area contributed by atoms with Gasteiger partial charge in [-0.15, -0.1) is 10.2 Å². The maximum Gasteiger partial charge on any atom is 0.445 e. The first-order chi connectivity index (χ1) is 10.4. The lowest BCUT2D eigenvalue weighted by atomic mass is 10.1. The zero-order valence-corrected chi connectivity index (χ0v) is 12.8. The van der Waals surface area contributed by atoms with Gasteiger partial charge in [0.1, 0.15) is 0 Å². The Morgan fingerprint density at radius 2 is 1.91 bits per heavy atom. The van der Waals surface area contributed by atoms with Gasteiger partial charge >= 0.3 is 6.18 Å². The van der Waals surface area contributed by atoms with E-state index in [1.54, 1.807) is 4.90 Å². The number of carbonyl (C=O) groups is 1. The van der Waals surface area contributed by atoms with Crippen LogP contribution < -0.4 is 4.90 Å². The Kier molecular flexibility index (Phi) is 4.24. The average Bonchev–Trinajstić information content (AvgIpc) is 3.11. The maximum atomic E-state index is 12.5. The molecule has 1 aromatic heterocycles. The molecule has 5 nitrogen and oxygen atoms in total. The predicted molar refractivity (Wildman–Crippen MR) is 75.7 cm³/mol. The average molecular weight is 334 g/mol. The van der Waals surface area contributed by atoms with Crippen LogP contribution in [0.25, 0.3) is 0 Å². The number of piperazine rings is 1. The molecule has 2 fully saturated rings. The number of hydrogen-bond acceptors (Lipinski definition) is 5. The molecular weight excluding hydrogens is 317 g/mol. The molecule has 1 saturated heterocycles. The maximum absolute atomic E-state index is 12.5. The molecule has 2 heterocycles. The SMILES string of the molecule is O=C1CN(c2nnc(C(F)(F)F)s2)CCN1CC1CCCC1. The third-order valence-corrected chi connectivity index (χ3v) is 5.23. The molecule has 9 heteroatoms. The van der Waals surface area contributed by atoms with E-state index < -0.39 is 11.2 Å². The molecule has 1 aromatic rings. The molecule has 0 aromatic carbocycles. The molecular formula is C13H17F3N4OS. The summed E-state index contributed by atoms with van der Waals surface area (Å²) in [4.78, 5) is 15.6. The molecule has 3 rings (SSSR count). The first-order valence-corrected chi connectivity index (χ1v) is 8.18. The normalized spacial score (nSPS) is 21.0.